The average Bonchev–Trinajstić information content (AvgIpc) is 3.16. The molecule has 0 unspecified atom stereocenters. The second-order valence-corrected chi connectivity index (χ2v) is 8.08. The van der Waals surface area contributed by atoms with Gasteiger partial charge in [-0.25, -0.2) is 0 Å². The van der Waals surface area contributed by atoms with E-state index in [2.05, 4.69) is 17.0 Å². The molecule has 0 radical (unpaired) electrons. The molecule has 1 saturated heterocycles. The molecule has 2 aromatic rings. The molecule has 4 rings (SSSR count). The second-order valence-electron chi connectivity index (χ2n) is 7.68. The Morgan fingerprint density at radius 3 is 2.39 bits per heavy atom. The Kier molecular flexibility index (Phi) is 6.18. The maximum atomic E-state index is 12.9. The van der Waals surface area contributed by atoms with Gasteiger partial charge in [-0.2, -0.15) is 0 Å². The first kappa shape index (κ1) is 19.3. The van der Waals surface area contributed by atoms with Crippen LogP contribution in [-0.4, -0.2) is 41.9 Å². The molecule has 2 aromatic carbocycles. The monoisotopic (exact) mass is 398 g/mol. The molecule has 1 fully saturated rings. The molecule has 0 atom stereocenters. The standard InChI is InChI=1S/C23H27ClN2O2/c24-22-15-20(28-14-6-13-25-11-4-1-5-12-25)9-10-21(22)23(27)26-16-18-7-2-3-8-19(18)17-26/h2-3,7-10,15H,1,4-6,11-14,16-17H2. The summed E-state index contributed by atoms with van der Waals surface area (Å²) in [5.74, 6) is 0.697. The minimum absolute atomic E-state index is 0.0298. The molecule has 5 heteroatoms. The summed E-state index contributed by atoms with van der Waals surface area (Å²) >= 11 is 6.41. The Balaban J connectivity index is 1.30. The highest BCUT2D eigenvalue weighted by Crippen LogP contribution is 2.28. The predicted octanol–water partition coefficient (Wildman–Crippen LogP) is 4.75. The van der Waals surface area contributed by atoms with Crippen LogP contribution in [0.15, 0.2) is 42.5 Å². The van der Waals surface area contributed by atoms with Crippen molar-refractivity contribution >= 4 is 17.5 Å². The summed E-state index contributed by atoms with van der Waals surface area (Å²) in [4.78, 5) is 17.2. The number of benzene rings is 2. The summed E-state index contributed by atoms with van der Waals surface area (Å²) < 4.78 is 5.85. The number of piperidine rings is 1. The fourth-order valence-electron chi connectivity index (χ4n) is 4.07. The van der Waals surface area contributed by atoms with E-state index in [1.54, 1.807) is 12.1 Å². The summed E-state index contributed by atoms with van der Waals surface area (Å²) in [6.45, 7) is 5.45. The fourth-order valence-corrected chi connectivity index (χ4v) is 4.32. The van der Waals surface area contributed by atoms with Crippen molar-refractivity contribution in [2.24, 2.45) is 0 Å². The number of carbonyl (C=O) groups is 1. The van der Waals surface area contributed by atoms with E-state index in [1.165, 1.54) is 43.5 Å². The van der Waals surface area contributed by atoms with Crippen LogP contribution in [0.4, 0.5) is 0 Å². The van der Waals surface area contributed by atoms with E-state index in [0.29, 0.717) is 30.3 Å². The minimum atomic E-state index is -0.0298. The second kappa shape index (κ2) is 8.97. The zero-order valence-corrected chi connectivity index (χ0v) is 17.0. The highest BCUT2D eigenvalue weighted by atomic mass is 35.5. The maximum absolute atomic E-state index is 12.9. The number of ether oxygens (including phenoxy) is 1. The smallest absolute Gasteiger partial charge is 0.255 e. The van der Waals surface area contributed by atoms with Gasteiger partial charge < -0.3 is 14.5 Å². The van der Waals surface area contributed by atoms with Crippen molar-refractivity contribution in [1.82, 2.24) is 9.80 Å². The lowest BCUT2D eigenvalue weighted by atomic mass is 10.1. The number of rotatable bonds is 6. The Morgan fingerprint density at radius 2 is 1.71 bits per heavy atom. The van der Waals surface area contributed by atoms with Gasteiger partial charge in [0.25, 0.3) is 5.91 Å². The first-order valence-corrected chi connectivity index (χ1v) is 10.6. The number of likely N-dealkylation sites (tertiary alicyclic amines) is 1. The lowest BCUT2D eigenvalue weighted by Gasteiger charge is -2.26. The van der Waals surface area contributed by atoms with E-state index in [-0.39, 0.29) is 5.91 Å². The van der Waals surface area contributed by atoms with Crippen LogP contribution in [0.3, 0.4) is 0 Å². The molecule has 0 bridgehead atoms. The Hall–Kier alpha value is -2.04. The van der Waals surface area contributed by atoms with Gasteiger partial charge in [-0.15, -0.1) is 0 Å². The van der Waals surface area contributed by atoms with Crippen LogP contribution in [0.25, 0.3) is 0 Å². The first-order valence-electron chi connectivity index (χ1n) is 10.2. The number of carbonyl (C=O) groups excluding carboxylic acids is 1. The van der Waals surface area contributed by atoms with E-state index in [4.69, 9.17) is 16.3 Å². The normalized spacial score (nSPS) is 16.8. The van der Waals surface area contributed by atoms with Crippen molar-refractivity contribution in [3.8, 4) is 5.75 Å². The highest BCUT2D eigenvalue weighted by molar-refractivity contribution is 6.34. The Labute approximate surface area is 172 Å². The van der Waals surface area contributed by atoms with Gasteiger partial charge in [-0.3, -0.25) is 4.79 Å². The van der Waals surface area contributed by atoms with Gasteiger partial charge in [0.05, 0.1) is 17.2 Å². The topological polar surface area (TPSA) is 32.8 Å². The molecule has 2 heterocycles. The number of amides is 1. The summed E-state index contributed by atoms with van der Waals surface area (Å²) in [6, 6.07) is 13.6. The molecule has 148 valence electrons. The third kappa shape index (κ3) is 4.50. The van der Waals surface area contributed by atoms with Gasteiger partial charge in [0.1, 0.15) is 5.75 Å². The van der Waals surface area contributed by atoms with Crippen LogP contribution in [0.1, 0.15) is 47.2 Å². The zero-order chi connectivity index (χ0) is 19.3. The summed E-state index contributed by atoms with van der Waals surface area (Å²) in [5, 5.41) is 0.453. The van der Waals surface area contributed by atoms with E-state index in [9.17, 15) is 4.79 Å². The Bertz CT molecular complexity index is 808. The molecule has 1 amide bonds. The third-order valence-corrected chi connectivity index (χ3v) is 5.95. The molecule has 4 nitrogen and oxygen atoms in total. The van der Waals surface area contributed by atoms with Crippen LogP contribution in [0.2, 0.25) is 5.02 Å². The largest absolute Gasteiger partial charge is 0.493 e. The molecule has 0 N–H and O–H groups in total. The van der Waals surface area contributed by atoms with Gasteiger partial charge in [0.2, 0.25) is 0 Å². The predicted molar refractivity (Wildman–Crippen MR) is 112 cm³/mol. The zero-order valence-electron chi connectivity index (χ0n) is 16.2. The lowest BCUT2D eigenvalue weighted by Crippen LogP contribution is -2.31. The van der Waals surface area contributed by atoms with Gasteiger partial charge in [-0.05, 0) is 61.7 Å². The van der Waals surface area contributed by atoms with Crippen molar-refractivity contribution in [3.63, 3.8) is 0 Å². The quantitative estimate of drug-likeness (QED) is 0.658. The number of halogens is 1. The van der Waals surface area contributed by atoms with Gasteiger partial charge in [0.15, 0.2) is 0 Å². The average molecular weight is 399 g/mol. The minimum Gasteiger partial charge on any atom is -0.493 e. The van der Waals surface area contributed by atoms with Crippen LogP contribution in [0, 0.1) is 0 Å². The van der Waals surface area contributed by atoms with Crippen molar-refractivity contribution in [3.05, 3.63) is 64.2 Å². The SMILES string of the molecule is O=C(c1ccc(OCCCN2CCCCC2)cc1Cl)N1Cc2ccccc2C1. The third-order valence-electron chi connectivity index (χ3n) is 5.64. The van der Waals surface area contributed by atoms with E-state index in [1.807, 2.05) is 23.1 Å². The van der Waals surface area contributed by atoms with Gasteiger partial charge in [0, 0.05) is 19.6 Å². The van der Waals surface area contributed by atoms with Crippen LogP contribution >= 0.6 is 11.6 Å². The van der Waals surface area contributed by atoms with Crippen LogP contribution in [-0.2, 0) is 13.1 Å². The number of fused-ring (bicyclic) bond motifs is 1. The first-order chi connectivity index (χ1) is 13.7. The Morgan fingerprint density at radius 1 is 1.00 bits per heavy atom. The summed E-state index contributed by atoms with van der Waals surface area (Å²) in [7, 11) is 0. The number of hydrogen-bond acceptors (Lipinski definition) is 3. The molecule has 28 heavy (non-hydrogen) atoms. The van der Waals surface area contributed by atoms with Gasteiger partial charge >= 0.3 is 0 Å². The van der Waals surface area contributed by atoms with Crippen LogP contribution < -0.4 is 4.74 Å². The summed E-state index contributed by atoms with van der Waals surface area (Å²) in [5.41, 5.74) is 2.96. The molecule has 2 aliphatic rings. The molecular weight excluding hydrogens is 372 g/mol. The fraction of sp³-hybridized carbons (Fsp3) is 0.435. The molecule has 0 aliphatic carbocycles. The molecule has 0 saturated carbocycles. The van der Waals surface area contributed by atoms with E-state index in [0.717, 1.165) is 18.7 Å². The van der Waals surface area contributed by atoms with Crippen molar-refractivity contribution in [2.45, 2.75) is 38.8 Å². The number of hydrogen-bond donors (Lipinski definition) is 0. The van der Waals surface area contributed by atoms with E-state index >= 15 is 0 Å². The van der Waals surface area contributed by atoms with Crippen molar-refractivity contribution < 1.29 is 9.53 Å². The van der Waals surface area contributed by atoms with E-state index < -0.39 is 0 Å². The van der Waals surface area contributed by atoms with Crippen LogP contribution in [0.5, 0.6) is 5.75 Å². The summed E-state index contributed by atoms with van der Waals surface area (Å²) in [6.07, 6.45) is 4.99. The van der Waals surface area contributed by atoms with Crippen molar-refractivity contribution in [2.75, 3.05) is 26.2 Å². The molecule has 0 aromatic heterocycles. The lowest BCUT2D eigenvalue weighted by molar-refractivity contribution is 0.0751. The van der Waals surface area contributed by atoms with Crippen molar-refractivity contribution in [1.29, 1.82) is 0 Å². The highest BCUT2D eigenvalue weighted by Gasteiger charge is 2.25. The molecule has 2 aliphatic heterocycles. The molecular formula is C23H27ClN2O2. The molecule has 0 spiro atoms. The van der Waals surface area contributed by atoms with Gasteiger partial charge in [-0.1, -0.05) is 42.3 Å². The maximum Gasteiger partial charge on any atom is 0.255 e. The number of nitrogens with zero attached hydrogens (tertiary/aromatic N) is 2.